The first-order chi connectivity index (χ1) is 13.8. The summed E-state index contributed by atoms with van der Waals surface area (Å²) in [6.07, 6.45) is 0.295. The topological polar surface area (TPSA) is 69.9 Å². The molecule has 0 spiro atoms. The first-order valence-corrected chi connectivity index (χ1v) is 11.2. The molecular formula is C22H24N4OS2. The summed E-state index contributed by atoms with van der Waals surface area (Å²) >= 11 is 3.11. The molecule has 0 saturated carbocycles. The van der Waals surface area contributed by atoms with Crippen LogP contribution < -0.4 is 4.90 Å². The van der Waals surface area contributed by atoms with Gasteiger partial charge in [0.15, 0.2) is 0 Å². The summed E-state index contributed by atoms with van der Waals surface area (Å²) in [5, 5.41) is 10.9. The van der Waals surface area contributed by atoms with Gasteiger partial charge in [0.1, 0.15) is 15.7 Å². The molecule has 0 radical (unpaired) electrons. The molecule has 7 heteroatoms. The maximum atomic E-state index is 13.1. The highest BCUT2D eigenvalue weighted by Gasteiger charge is 2.19. The standard InChI is InChI=1S/C22H24N4OS2/c1-13-7-8-18(11-14(13)2)26(10-6-9-23)19(27)12-28-21-20-15(3)16(4)29-22(20)25-17(5)24-21/h7-8,11H,6,10,12H2,1-5H3. The third-order valence-corrected chi connectivity index (χ3v) is 7.05. The van der Waals surface area contributed by atoms with Crippen molar-refractivity contribution < 1.29 is 4.79 Å². The van der Waals surface area contributed by atoms with Crippen LogP contribution in [0.15, 0.2) is 23.2 Å². The zero-order chi connectivity index (χ0) is 21.1. The van der Waals surface area contributed by atoms with Gasteiger partial charge in [0.05, 0.1) is 18.2 Å². The molecule has 2 heterocycles. The van der Waals surface area contributed by atoms with Crippen LogP contribution in [-0.4, -0.2) is 28.2 Å². The Morgan fingerprint density at radius 2 is 1.93 bits per heavy atom. The first kappa shape index (κ1) is 21.3. The SMILES string of the molecule is Cc1nc(SCC(=O)N(CCC#N)c2ccc(C)c(C)c2)c2c(C)c(C)sc2n1. The van der Waals surface area contributed by atoms with Crippen LogP contribution in [0.3, 0.4) is 0 Å². The van der Waals surface area contributed by atoms with E-state index in [1.165, 1.54) is 27.8 Å². The van der Waals surface area contributed by atoms with Crippen LogP contribution >= 0.6 is 23.1 Å². The monoisotopic (exact) mass is 424 g/mol. The van der Waals surface area contributed by atoms with E-state index in [1.54, 1.807) is 16.2 Å². The van der Waals surface area contributed by atoms with Gasteiger partial charge in [0.25, 0.3) is 0 Å². The van der Waals surface area contributed by atoms with Gasteiger partial charge in [-0.1, -0.05) is 17.8 Å². The van der Waals surface area contributed by atoms with Crippen molar-refractivity contribution in [2.45, 2.75) is 46.1 Å². The van der Waals surface area contributed by atoms with Crippen molar-refractivity contribution in [3.63, 3.8) is 0 Å². The number of hydrogen-bond acceptors (Lipinski definition) is 6. The third kappa shape index (κ3) is 4.60. The molecule has 1 aromatic carbocycles. The lowest BCUT2D eigenvalue weighted by atomic mass is 10.1. The molecule has 0 bridgehead atoms. The van der Waals surface area contributed by atoms with Crippen molar-refractivity contribution in [2.75, 3.05) is 17.2 Å². The Balaban J connectivity index is 1.86. The van der Waals surface area contributed by atoms with E-state index in [1.807, 2.05) is 39.0 Å². The molecule has 29 heavy (non-hydrogen) atoms. The smallest absolute Gasteiger partial charge is 0.237 e. The number of nitriles is 1. The number of aromatic nitrogens is 2. The number of thioether (sulfide) groups is 1. The number of amides is 1. The van der Waals surface area contributed by atoms with Crippen LogP contribution in [0.2, 0.25) is 0 Å². The highest BCUT2D eigenvalue weighted by molar-refractivity contribution is 8.00. The van der Waals surface area contributed by atoms with Crippen molar-refractivity contribution in [3.8, 4) is 6.07 Å². The van der Waals surface area contributed by atoms with E-state index in [0.29, 0.717) is 18.8 Å². The minimum Gasteiger partial charge on any atom is -0.311 e. The number of thiophene rings is 1. The van der Waals surface area contributed by atoms with Gasteiger partial charge in [-0.25, -0.2) is 9.97 Å². The van der Waals surface area contributed by atoms with Crippen LogP contribution in [0.25, 0.3) is 10.2 Å². The highest BCUT2D eigenvalue weighted by atomic mass is 32.2. The third-order valence-electron chi connectivity index (χ3n) is 4.99. The quantitative estimate of drug-likeness (QED) is 0.398. The molecular weight excluding hydrogens is 400 g/mol. The van der Waals surface area contributed by atoms with Gasteiger partial charge in [-0.3, -0.25) is 4.79 Å². The van der Waals surface area contributed by atoms with E-state index >= 15 is 0 Å². The lowest BCUT2D eigenvalue weighted by Crippen LogP contribution is -2.33. The van der Waals surface area contributed by atoms with Crippen molar-refractivity contribution >= 4 is 44.9 Å². The van der Waals surface area contributed by atoms with E-state index in [0.717, 1.165) is 26.5 Å². The van der Waals surface area contributed by atoms with E-state index in [4.69, 9.17) is 5.26 Å². The van der Waals surface area contributed by atoms with Crippen LogP contribution in [0.5, 0.6) is 0 Å². The molecule has 0 saturated heterocycles. The van der Waals surface area contributed by atoms with Crippen LogP contribution in [-0.2, 0) is 4.79 Å². The summed E-state index contributed by atoms with van der Waals surface area (Å²) in [6.45, 7) is 10.5. The van der Waals surface area contributed by atoms with Crippen LogP contribution in [0.4, 0.5) is 5.69 Å². The second kappa shape index (κ2) is 8.93. The van der Waals surface area contributed by atoms with Gasteiger partial charge in [0, 0.05) is 22.5 Å². The van der Waals surface area contributed by atoms with E-state index < -0.39 is 0 Å². The average Bonchev–Trinajstić information content (AvgIpc) is 2.96. The fourth-order valence-electron chi connectivity index (χ4n) is 3.08. The van der Waals surface area contributed by atoms with Gasteiger partial charge in [0.2, 0.25) is 5.91 Å². The Kier molecular flexibility index (Phi) is 6.56. The minimum atomic E-state index is -0.0254. The molecule has 5 nitrogen and oxygen atoms in total. The fourth-order valence-corrected chi connectivity index (χ4v) is 5.23. The molecule has 0 atom stereocenters. The van der Waals surface area contributed by atoms with Crippen molar-refractivity contribution in [1.29, 1.82) is 5.26 Å². The number of nitrogens with zero attached hydrogens (tertiary/aromatic N) is 4. The number of fused-ring (bicyclic) bond motifs is 1. The Hall–Kier alpha value is -2.43. The predicted molar refractivity (Wildman–Crippen MR) is 121 cm³/mol. The molecule has 0 aliphatic rings. The number of carbonyl (C=O) groups is 1. The Bertz CT molecular complexity index is 1110. The molecule has 2 aromatic heterocycles. The van der Waals surface area contributed by atoms with Crippen LogP contribution in [0.1, 0.15) is 33.8 Å². The molecule has 0 N–H and O–H groups in total. The Labute approximate surface area is 179 Å². The molecule has 0 aliphatic heterocycles. The second-order valence-electron chi connectivity index (χ2n) is 7.05. The predicted octanol–water partition coefficient (Wildman–Crippen LogP) is 5.27. The zero-order valence-corrected chi connectivity index (χ0v) is 19.0. The van der Waals surface area contributed by atoms with Crippen LogP contribution in [0, 0.1) is 45.9 Å². The number of carbonyl (C=O) groups excluding carboxylic acids is 1. The van der Waals surface area contributed by atoms with Gasteiger partial charge in [-0.15, -0.1) is 11.3 Å². The number of anilines is 1. The van der Waals surface area contributed by atoms with E-state index in [-0.39, 0.29) is 11.7 Å². The molecule has 0 unspecified atom stereocenters. The highest BCUT2D eigenvalue weighted by Crippen LogP contribution is 2.35. The number of aryl methyl sites for hydroxylation is 5. The Morgan fingerprint density at radius 1 is 1.17 bits per heavy atom. The zero-order valence-electron chi connectivity index (χ0n) is 17.4. The minimum absolute atomic E-state index is 0.0254. The summed E-state index contributed by atoms with van der Waals surface area (Å²) in [5.74, 6) is 0.949. The molecule has 0 aliphatic carbocycles. The molecule has 3 aromatic rings. The maximum Gasteiger partial charge on any atom is 0.237 e. The number of benzene rings is 1. The number of rotatable bonds is 6. The van der Waals surface area contributed by atoms with Gasteiger partial charge in [-0.05, 0) is 63.4 Å². The summed E-state index contributed by atoms with van der Waals surface area (Å²) in [4.78, 5) is 26.1. The fraction of sp³-hybridized carbons (Fsp3) is 0.364. The lowest BCUT2D eigenvalue weighted by Gasteiger charge is -2.22. The largest absolute Gasteiger partial charge is 0.311 e. The van der Waals surface area contributed by atoms with Gasteiger partial charge in [-0.2, -0.15) is 5.26 Å². The molecule has 150 valence electrons. The summed E-state index contributed by atoms with van der Waals surface area (Å²) < 4.78 is 0. The van der Waals surface area contributed by atoms with Crippen molar-refractivity contribution in [1.82, 2.24) is 9.97 Å². The van der Waals surface area contributed by atoms with Gasteiger partial charge < -0.3 is 4.90 Å². The summed E-state index contributed by atoms with van der Waals surface area (Å²) in [6, 6.07) is 8.11. The van der Waals surface area contributed by atoms with E-state index in [2.05, 4.69) is 29.9 Å². The van der Waals surface area contributed by atoms with Crippen molar-refractivity contribution in [3.05, 3.63) is 45.6 Å². The van der Waals surface area contributed by atoms with Gasteiger partial charge >= 0.3 is 0 Å². The normalized spacial score (nSPS) is 10.9. The first-order valence-electron chi connectivity index (χ1n) is 9.43. The molecule has 0 fully saturated rings. The molecule has 3 rings (SSSR count). The Morgan fingerprint density at radius 3 is 2.62 bits per heavy atom. The van der Waals surface area contributed by atoms with E-state index in [9.17, 15) is 4.79 Å². The average molecular weight is 425 g/mol. The lowest BCUT2D eigenvalue weighted by molar-refractivity contribution is -0.116. The molecule has 1 amide bonds. The second-order valence-corrected chi connectivity index (χ2v) is 9.22. The number of hydrogen-bond donors (Lipinski definition) is 0. The maximum absolute atomic E-state index is 13.1. The summed E-state index contributed by atoms with van der Waals surface area (Å²) in [5.41, 5.74) is 4.32. The summed E-state index contributed by atoms with van der Waals surface area (Å²) in [7, 11) is 0. The van der Waals surface area contributed by atoms with Crippen molar-refractivity contribution in [2.24, 2.45) is 0 Å².